The molecule has 6 nitrogen and oxygen atoms in total. The molecule has 0 atom stereocenters. The topological polar surface area (TPSA) is 73.8 Å². The van der Waals surface area contributed by atoms with Crippen molar-refractivity contribution in [1.82, 2.24) is 9.47 Å². The van der Waals surface area contributed by atoms with Gasteiger partial charge in [0.1, 0.15) is 6.54 Å². The molecule has 0 fully saturated rings. The van der Waals surface area contributed by atoms with E-state index >= 15 is 0 Å². The Labute approximate surface area is 171 Å². The first kappa shape index (κ1) is 22.3. The maximum absolute atomic E-state index is 13.1. The standard InChI is InChI=1S/C21H33N5OS/c1-4-7-12-23-21-26(18-11-10-17(24-22)15-19(18)28-21)16-20(27)25(13-8-5-2)14-9-6-3/h10-11,15,22H,4-9,12-14,16H2,1-3H3/b23-21+,24-22?. The summed E-state index contributed by atoms with van der Waals surface area (Å²) in [5.74, 6) is 0.160. The number of carbonyl (C=O) groups is 1. The smallest absolute Gasteiger partial charge is 0.242 e. The highest BCUT2D eigenvalue weighted by atomic mass is 32.1. The Bertz CT molecular complexity index is 831. The van der Waals surface area contributed by atoms with E-state index in [2.05, 4.69) is 25.9 Å². The van der Waals surface area contributed by atoms with Crippen LogP contribution in [0.25, 0.3) is 10.2 Å². The molecule has 154 valence electrons. The third-order valence-electron chi connectivity index (χ3n) is 4.76. The number of carbonyl (C=O) groups excluding carboxylic acids is 1. The number of unbranched alkanes of at least 4 members (excludes halogenated alkanes) is 3. The van der Waals surface area contributed by atoms with E-state index in [1.807, 2.05) is 27.7 Å². The Kier molecular flexibility index (Phi) is 9.34. The van der Waals surface area contributed by atoms with Gasteiger partial charge in [-0.2, -0.15) is 5.11 Å². The molecule has 1 aromatic heterocycles. The number of fused-ring (bicyclic) bond motifs is 1. The van der Waals surface area contributed by atoms with Crippen LogP contribution in [-0.2, 0) is 11.3 Å². The Morgan fingerprint density at radius 3 is 2.39 bits per heavy atom. The average Bonchev–Trinajstić information content (AvgIpc) is 3.04. The summed E-state index contributed by atoms with van der Waals surface area (Å²) < 4.78 is 3.06. The number of rotatable bonds is 12. The van der Waals surface area contributed by atoms with E-state index in [-0.39, 0.29) is 5.91 Å². The normalized spacial score (nSPS) is 11.9. The molecule has 0 saturated carbocycles. The van der Waals surface area contributed by atoms with Crippen LogP contribution in [0.15, 0.2) is 28.3 Å². The van der Waals surface area contributed by atoms with Gasteiger partial charge in [-0.15, -0.1) is 0 Å². The van der Waals surface area contributed by atoms with Gasteiger partial charge in [-0.1, -0.05) is 51.4 Å². The fourth-order valence-electron chi connectivity index (χ4n) is 3.03. The summed E-state index contributed by atoms with van der Waals surface area (Å²) in [6.45, 7) is 9.19. The van der Waals surface area contributed by atoms with Gasteiger partial charge in [0, 0.05) is 19.6 Å². The van der Waals surface area contributed by atoms with Gasteiger partial charge >= 0.3 is 0 Å². The van der Waals surface area contributed by atoms with Crippen molar-refractivity contribution < 1.29 is 4.79 Å². The van der Waals surface area contributed by atoms with Crippen LogP contribution in [0.5, 0.6) is 0 Å². The van der Waals surface area contributed by atoms with Crippen molar-refractivity contribution >= 4 is 33.1 Å². The number of benzene rings is 1. The highest BCUT2D eigenvalue weighted by molar-refractivity contribution is 7.16. The van der Waals surface area contributed by atoms with Gasteiger partial charge in [0.25, 0.3) is 0 Å². The molecule has 0 aliphatic heterocycles. The number of hydrogen-bond acceptors (Lipinski definition) is 5. The molecule has 0 aliphatic carbocycles. The first-order chi connectivity index (χ1) is 13.6. The molecule has 1 N–H and O–H groups in total. The number of amides is 1. The molecule has 7 heteroatoms. The molecule has 0 radical (unpaired) electrons. The molecule has 1 heterocycles. The summed E-state index contributed by atoms with van der Waals surface area (Å²) in [5.41, 5.74) is 8.87. The van der Waals surface area contributed by atoms with Crippen molar-refractivity contribution in [3.8, 4) is 0 Å². The summed E-state index contributed by atoms with van der Waals surface area (Å²) in [4.78, 5) is 20.7. The first-order valence-electron chi connectivity index (χ1n) is 10.4. The fraction of sp³-hybridized carbons (Fsp3) is 0.619. The zero-order valence-corrected chi connectivity index (χ0v) is 18.2. The van der Waals surface area contributed by atoms with Gasteiger partial charge in [0.15, 0.2) is 4.80 Å². The number of nitrogens with one attached hydrogen (secondary N) is 1. The Hall–Kier alpha value is -2.02. The molecular weight excluding hydrogens is 370 g/mol. The molecule has 0 unspecified atom stereocenters. The van der Waals surface area contributed by atoms with Crippen molar-refractivity contribution in [1.29, 1.82) is 5.53 Å². The summed E-state index contributed by atoms with van der Waals surface area (Å²) in [5, 5.41) is 3.53. The van der Waals surface area contributed by atoms with E-state index in [1.165, 1.54) is 0 Å². The van der Waals surface area contributed by atoms with Crippen LogP contribution >= 0.6 is 11.3 Å². The zero-order valence-electron chi connectivity index (χ0n) is 17.4. The minimum Gasteiger partial charge on any atom is -0.341 e. The Morgan fingerprint density at radius 1 is 1.11 bits per heavy atom. The molecule has 0 bridgehead atoms. The maximum Gasteiger partial charge on any atom is 0.242 e. The summed E-state index contributed by atoms with van der Waals surface area (Å²) in [6.07, 6.45) is 6.37. The van der Waals surface area contributed by atoms with Crippen LogP contribution in [0, 0.1) is 5.53 Å². The van der Waals surface area contributed by atoms with E-state index in [9.17, 15) is 4.79 Å². The van der Waals surface area contributed by atoms with E-state index < -0.39 is 0 Å². The van der Waals surface area contributed by atoms with Crippen LogP contribution in [0.4, 0.5) is 5.69 Å². The summed E-state index contributed by atoms with van der Waals surface area (Å²) in [7, 11) is 0. The van der Waals surface area contributed by atoms with Crippen molar-refractivity contribution in [3.63, 3.8) is 0 Å². The molecular formula is C21H33N5OS. The monoisotopic (exact) mass is 403 g/mol. The lowest BCUT2D eigenvalue weighted by Crippen LogP contribution is -2.37. The van der Waals surface area contributed by atoms with E-state index in [1.54, 1.807) is 11.3 Å². The molecule has 1 amide bonds. The van der Waals surface area contributed by atoms with E-state index in [0.717, 1.165) is 73.2 Å². The van der Waals surface area contributed by atoms with Crippen molar-refractivity contribution in [2.75, 3.05) is 19.6 Å². The third-order valence-corrected chi connectivity index (χ3v) is 5.84. The molecule has 0 spiro atoms. The van der Waals surface area contributed by atoms with Crippen molar-refractivity contribution in [3.05, 3.63) is 23.0 Å². The minimum atomic E-state index is 0.160. The molecule has 2 aromatic rings. The predicted molar refractivity (Wildman–Crippen MR) is 116 cm³/mol. The summed E-state index contributed by atoms with van der Waals surface area (Å²) in [6, 6.07) is 5.68. The molecule has 2 rings (SSSR count). The van der Waals surface area contributed by atoms with Crippen LogP contribution in [0.1, 0.15) is 59.3 Å². The summed E-state index contributed by atoms with van der Waals surface area (Å²) >= 11 is 1.58. The highest BCUT2D eigenvalue weighted by Crippen LogP contribution is 2.23. The lowest BCUT2D eigenvalue weighted by molar-refractivity contribution is -0.132. The third kappa shape index (κ3) is 5.99. The lowest BCUT2D eigenvalue weighted by atomic mass is 10.2. The number of aromatic nitrogens is 1. The first-order valence-corrected chi connectivity index (χ1v) is 11.2. The molecule has 0 aliphatic rings. The zero-order chi connectivity index (χ0) is 20.4. The molecule has 1 aromatic carbocycles. The quantitative estimate of drug-likeness (QED) is 0.369. The van der Waals surface area contributed by atoms with Gasteiger partial charge in [-0.05, 0) is 37.5 Å². The minimum absolute atomic E-state index is 0.160. The largest absolute Gasteiger partial charge is 0.341 e. The van der Waals surface area contributed by atoms with Crippen molar-refractivity contribution in [2.45, 2.75) is 65.8 Å². The maximum atomic E-state index is 13.1. The fourth-order valence-corrected chi connectivity index (χ4v) is 4.12. The number of thiazole rings is 1. The Balaban J connectivity index is 2.36. The lowest BCUT2D eigenvalue weighted by Gasteiger charge is -2.23. The highest BCUT2D eigenvalue weighted by Gasteiger charge is 2.16. The van der Waals surface area contributed by atoms with Gasteiger partial charge in [0.05, 0.1) is 15.9 Å². The molecule has 28 heavy (non-hydrogen) atoms. The van der Waals surface area contributed by atoms with Gasteiger partial charge in [-0.3, -0.25) is 9.79 Å². The second-order valence-corrected chi connectivity index (χ2v) is 8.07. The van der Waals surface area contributed by atoms with Crippen LogP contribution in [0.2, 0.25) is 0 Å². The predicted octanol–water partition coefficient (Wildman–Crippen LogP) is 5.49. The number of hydrogen-bond donors (Lipinski definition) is 1. The molecule has 0 saturated heterocycles. The van der Waals surface area contributed by atoms with Crippen LogP contribution in [-0.4, -0.2) is 35.0 Å². The van der Waals surface area contributed by atoms with E-state index in [4.69, 9.17) is 10.5 Å². The van der Waals surface area contributed by atoms with Crippen molar-refractivity contribution in [2.24, 2.45) is 10.1 Å². The number of nitrogens with zero attached hydrogens (tertiary/aromatic N) is 4. The van der Waals surface area contributed by atoms with Crippen LogP contribution in [0.3, 0.4) is 0 Å². The average molecular weight is 404 g/mol. The Morgan fingerprint density at radius 2 is 1.79 bits per heavy atom. The van der Waals surface area contributed by atoms with Gasteiger partial charge < -0.3 is 9.47 Å². The van der Waals surface area contributed by atoms with Gasteiger partial charge in [0.2, 0.25) is 5.91 Å². The second kappa shape index (κ2) is 11.7. The SMILES string of the molecule is CCCC/N=c1/sc2cc(N=N)ccc2n1CC(=O)N(CCCC)CCCC. The second-order valence-electron chi connectivity index (χ2n) is 7.06. The van der Waals surface area contributed by atoms with E-state index in [0.29, 0.717) is 12.2 Å². The van der Waals surface area contributed by atoms with Gasteiger partial charge in [-0.25, -0.2) is 5.53 Å². The van der Waals surface area contributed by atoms with Crippen LogP contribution < -0.4 is 4.80 Å².